The second-order valence-corrected chi connectivity index (χ2v) is 22.3. The number of rotatable bonds is 13. The van der Waals surface area contributed by atoms with Gasteiger partial charge >= 0.3 is 0 Å². The number of hydrogen-bond donors (Lipinski definition) is 1. The van der Waals surface area contributed by atoms with Crippen LogP contribution in [-0.4, -0.2) is 67.9 Å². The summed E-state index contributed by atoms with van der Waals surface area (Å²) < 4.78 is 13.6. The number of aliphatic hydroxyl groups excluding tert-OH is 1. The number of anilines is 2. The van der Waals surface area contributed by atoms with Gasteiger partial charge in [0.2, 0.25) is 11.8 Å². The summed E-state index contributed by atoms with van der Waals surface area (Å²) in [4.78, 5) is 46.8. The Morgan fingerprint density at radius 1 is 0.918 bits per heavy atom. The molecule has 1 N–H and O–H groups in total. The van der Waals surface area contributed by atoms with E-state index >= 15 is 4.79 Å². The highest BCUT2D eigenvalue weighted by atomic mass is 79.9. The Labute approximate surface area is 366 Å². The largest absolute Gasteiger partial charge is 0.497 e. The number of hydrazone groups is 1. The van der Waals surface area contributed by atoms with Crippen LogP contribution in [-0.2, 0) is 37.8 Å². The number of hydrogen-bond acceptors (Lipinski definition) is 7. The van der Waals surface area contributed by atoms with E-state index in [0.717, 1.165) is 43.9 Å². The van der Waals surface area contributed by atoms with Crippen molar-refractivity contribution < 1.29 is 29.0 Å². The van der Waals surface area contributed by atoms with Gasteiger partial charge in [0.05, 0.1) is 57.9 Å². The zero-order valence-electron chi connectivity index (χ0n) is 35.0. The molecule has 12 heteroatoms. The number of carbonyl (C=O) groups is 3. The Morgan fingerprint density at radius 3 is 2.33 bits per heavy atom. The van der Waals surface area contributed by atoms with E-state index in [1.807, 2.05) is 115 Å². The van der Waals surface area contributed by atoms with Crippen molar-refractivity contribution >= 4 is 64.0 Å². The van der Waals surface area contributed by atoms with E-state index in [2.05, 4.69) is 48.1 Å². The van der Waals surface area contributed by atoms with E-state index in [1.165, 1.54) is 10.2 Å². The van der Waals surface area contributed by atoms with Crippen molar-refractivity contribution in [3.8, 4) is 5.75 Å². The molecule has 0 unspecified atom stereocenters. The van der Waals surface area contributed by atoms with Gasteiger partial charge in [-0.2, -0.15) is 5.10 Å². The van der Waals surface area contributed by atoms with Crippen LogP contribution < -0.4 is 19.8 Å². The number of fused-ring (bicyclic) bond motifs is 2. The van der Waals surface area contributed by atoms with Gasteiger partial charge in [-0.15, -0.1) is 0 Å². The number of benzene rings is 5. The van der Waals surface area contributed by atoms with Gasteiger partial charge in [0, 0.05) is 41.9 Å². The number of nitrogens with zero attached hydrogens (tertiary/aromatic N) is 4. The lowest BCUT2D eigenvalue weighted by molar-refractivity contribution is -0.150. The summed E-state index contributed by atoms with van der Waals surface area (Å²) in [5, 5.41) is 17.5. The second-order valence-electron chi connectivity index (χ2n) is 16.7. The molecule has 0 aliphatic carbocycles. The molecule has 0 aromatic heterocycles. The Hall–Kier alpha value is -5.40. The van der Waals surface area contributed by atoms with Crippen molar-refractivity contribution in [2.75, 3.05) is 30.2 Å². The lowest BCUT2D eigenvalue weighted by Crippen LogP contribution is -2.52. The number of halogens is 1. The molecule has 0 radical (unpaired) electrons. The highest BCUT2D eigenvalue weighted by Gasteiger charge is 2.66. The quantitative estimate of drug-likeness (QED) is 0.120. The summed E-state index contributed by atoms with van der Waals surface area (Å²) in [5.74, 6) is 0.00480. The molecule has 5 aromatic rings. The molecule has 61 heavy (non-hydrogen) atoms. The fraction of sp³-hybridized carbons (Fsp3) is 0.306. The van der Waals surface area contributed by atoms with Gasteiger partial charge in [0.1, 0.15) is 5.75 Å². The summed E-state index contributed by atoms with van der Waals surface area (Å²) in [5.41, 5.74) is 4.19. The molecular weight excluding hydrogens is 849 g/mol. The molecule has 0 saturated carbocycles. The molecule has 3 heterocycles. The first kappa shape index (κ1) is 42.3. The highest BCUT2D eigenvalue weighted by molar-refractivity contribution is 9.10. The van der Waals surface area contributed by atoms with E-state index < -0.39 is 19.8 Å². The number of ether oxygens (including phenoxy) is 2. The predicted molar refractivity (Wildman–Crippen MR) is 245 cm³/mol. The van der Waals surface area contributed by atoms with Crippen LogP contribution in [0.4, 0.5) is 11.4 Å². The fourth-order valence-corrected chi connectivity index (χ4v) is 14.1. The number of aliphatic hydroxyl groups is 1. The first-order valence-electron chi connectivity index (χ1n) is 20.9. The molecule has 3 aliphatic heterocycles. The number of amides is 3. The molecule has 5 aromatic carbocycles. The fourth-order valence-electron chi connectivity index (χ4n) is 9.72. The van der Waals surface area contributed by atoms with Crippen molar-refractivity contribution in [1.29, 1.82) is 0 Å². The first-order chi connectivity index (χ1) is 29.4. The average molecular weight is 900 g/mol. The van der Waals surface area contributed by atoms with Crippen molar-refractivity contribution in [2.24, 2.45) is 11.0 Å². The molecule has 10 nitrogen and oxygen atoms in total. The minimum atomic E-state index is -2.55. The lowest BCUT2D eigenvalue weighted by Gasteiger charge is -2.37. The van der Waals surface area contributed by atoms with Crippen LogP contribution in [0.2, 0.25) is 18.6 Å². The minimum absolute atomic E-state index is 0.0458. The summed E-state index contributed by atoms with van der Waals surface area (Å²) in [6.07, 6.45) is 0.341. The van der Waals surface area contributed by atoms with E-state index in [-0.39, 0.29) is 55.3 Å². The third-order valence-corrected chi connectivity index (χ3v) is 17.6. The standard InChI is InChI=1S/C49H51BrN4O6Si/c1-33-47(61(3,4)40-21-19-39(59-2)20-22-40)44(30-46(57)52(26-27-55)31-34-12-7-5-8-13-34)60-49(33)41-29-37(50)18-24-43(41)53(48(49)58)32-35-14-11-17-38(28-35)54-45(56)25-23-42(51-54)36-15-9-6-10-16-36/h5-22,24,28-29,33,44,47,55H,23,25-27,30-32H2,1-4H3/t33-,44+,47-,49+/m0/s1. The summed E-state index contributed by atoms with van der Waals surface area (Å²) in [6, 6.07) is 41.3. The lowest BCUT2D eigenvalue weighted by atomic mass is 9.82. The van der Waals surface area contributed by atoms with Crippen molar-refractivity contribution in [3.63, 3.8) is 0 Å². The van der Waals surface area contributed by atoms with Crippen molar-refractivity contribution in [3.05, 3.63) is 154 Å². The van der Waals surface area contributed by atoms with Crippen LogP contribution in [0.15, 0.2) is 137 Å². The number of methoxy groups -OCH3 is 1. The van der Waals surface area contributed by atoms with Crippen LogP contribution in [0, 0.1) is 5.92 Å². The maximum Gasteiger partial charge on any atom is 0.264 e. The van der Waals surface area contributed by atoms with Gasteiger partial charge in [0.25, 0.3) is 5.91 Å². The topological polar surface area (TPSA) is 112 Å². The SMILES string of the molecule is COc1ccc([Si](C)(C)[C@@H]2[C@@H](CC(=O)N(CCO)Cc3ccccc3)O[C@]3(C(=O)N(Cc4cccc(N5N=C(c6ccccc6)CCC5=O)c4)c4ccc(Br)cc43)[C@H]2C)cc1. The van der Waals surface area contributed by atoms with E-state index in [1.54, 1.807) is 16.9 Å². The Kier molecular flexibility index (Phi) is 12.2. The molecule has 1 spiro atoms. The number of carbonyl (C=O) groups excluding carboxylic acids is 3. The third kappa shape index (κ3) is 8.09. The maximum absolute atomic E-state index is 15.5. The van der Waals surface area contributed by atoms with Crippen molar-refractivity contribution in [1.82, 2.24) is 4.90 Å². The van der Waals surface area contributed by atoms with Crippen LogP contribution in [0.3, 0.4) is 0 Å². The molecule has 4 atom stereocenters. The van der Waals surface area contributed by atoms with Gasteiger partial charge in [0.15, 0.2) is 5.60 Å². The van der Waals surface area contributed by atoms with Crippen LogP contribution in [0.5, 0.6) is 5.75 Å². The summed E-state index contributed by atoms with van der Waals surface area (Å²) in [7, 11) is -0.905. The zero-order chi connectivity index (χ0) is 42.9. The average Bonchev–Trinajstić information content (AvgIpc) is 3.69. The first-order valence-corrected chi connectivity index (χ1v) is 24.7. The second kappa shape index (κ2) is 17.5. The molecule has 314 valence electrons. The molecule has 0 bridgehead atoms. The Balaban J connectivity index is 1.16. The van der Waals surface area contributed by atoms with Gasteiger partial charge in [-0.05, 0) is 64.7 Å². The van der Waals surface area contributed by atoms with E-state index in [9.17, 15) is 14.7 Å². The summed E-state index contributed by atoms with van der Waals surface area (Å²) in [6.45, 7) is 7.27. The predicted octanol–water partition coefficient (Wildman–Crippen LogP) is 8.16. The molecule has 3 aliphatic rings. The molecule has 8 rings (SSSR count). The van der Waals surface area contributed by atoms with Crippen LogP contribution >= 0.6 is 15.9 Å². The van der Waals surface area contributed by atoms with Crippen molar-refractivity contribution in [2.45, 2.75) is 69.6 Å². The van der Waals surface area contributed by atoms with Gasteiger partial charge in [-0.1, -0.05) is 126 Å². The smallest absolute Gasteiger partial charge is 0.264 e. The monoisotopic (exact) mass is 898 g/mol. The van der Waals surface area contributed by atoms with Crippen LogP contribution in [0.25, 0.3) is 0 Å². The van der Waals surface area contributed by atoms with Gasteiger partial charge < -0.3 is 24.4 Å². The molecule has 1 fully saturated rings. The molecule has 3 amide bonds. The van der Waals surface area contributed by atoms with E-state index in [4.69, 9.17) is 14.6 Å². The highest BCUT2D eigenvalue weighted by Crippen LogP contribution is 2.60. The molecular formula is C49H51BrN4O6Si. The van der Waals surface area contributed by atoms with Crippen LogP contribution in [0.1, 0.15) is 48.4 Å². The normalized spacial score (nSPS) is 21.1. The van der Waals surface area contributed by atoms with Gasteiger partial charge in [-0.25, -0.2) is 5.01 Å². The molecule has 1 saturated heterocycles. The van der Waals surface area contributed by atoms with Gasteiger partial charge in [-0.3, -0.25) is 14.4 Å². The zero-order valence-corrected chi connectivity index (χ0v) is 37.5. The summed E-state index contributed by atoms with van der Waals surface area (Å²) >= 11 is 3.71. The third-order valence-electron chi connectivity index (χ3n) is 12.7. The minimum Gasteiger partial charge on any atom is -0.497 e. The van der Waals surface area contributed by atoms with E-state index in [0.29, 0.717) is 25.1 Å². The maximum atomic E-state index is 15.5. The Morgan fingerprint density at radius 2 is 1.62 bits per heavy atom. The Bertz CT molecular complexity index is 2450.